The maximum absolute atomic E-state index is 5.37. The topological polar surface area (TPSA) is 38.0 Å². The summed E-state index contributed by atoms with van der Waals surface area (Å²) in [4.78, 5) is 0. The number of hydrogen-bond acceptors (Lipinski definition) is 2. The summed E-state index contributed by atoms with van der Waals surface area (Å²) in [5.74, 6) is 7.30. The van der Waals surface area contributed by atoms with Crippen LogP contribution in [0.15, 0.2) is 0 Å². The van der Waals surface area contributed by atoms with Crippen LogP contribution in [0.25, 0.3) is 0 Å². The van der Waals surface area contributed by atoms with Gasteiger partial charge in [-0.05, 0) is 31.1 Å². The van der Waals surface area contributed by atoms with Crippen molar-refractivity contribution in [2.75, 3.05) is 0 Å². The van der Waals surface area contributed by atoms with Crippen molar-refractivity contribution in [2.24, 2.45) is 17.7 Å². The van der Waals surface area contributed by atoms with Crippen LogP contribution in [0.5, 0.6) is 0 Å². The van der Waals surface area contributed by atoms with Gasteiger partial charge in [-0.3, -0.25) is 11.3 Å². The normalized spacial score (nSPS) is 48.3. The van der Waals surface area contributed by atoms with Crippen molar-refractivity contribution in [3.8, 4) is 0 Å². The molecule has 0 radical (unpaired) electrons. The lowest BCUT2D eigenvalue weighted by Gasteiger charge is -2.19. The fourth-order valence-corrected chi connectivity index (χ4v) is 2.45. The van der Waals surface area contributed by atoms with Gasteiger partial charge in [0.05, 0.1) is 0 Å². The molecule has 52 valence electrons. The van der Waals surface area contributed by atoms with Crippen molar-refractivity contribution in [3.05, 3.63) is 0 Å². The third-order valence-corrected chi connectivity index (χ3v) is 2.95. The lowest BCUT2D eigenvalue weighted by molar-refractivity contribution is 0.357. The van der Waals surface area contributed by atoms with E-state index in [9.17, 15) is 0 Å². The molecule has 0 spiro atoms. The maximum Gasteiger partial charge on any atom is 0.0241 e. The van der Waals surface area contributed by atoms with E-state index in [1.165, 1.54) is 25.7 Å². The summed E-state index contributed by atoms with van der Waals surface area (Å²) < 4.78 is 0. The van der Waals surface area contributed by atoms with Gasteiger partial charge in [-0.1, -0.05) is 6.42 Å². The summed E-state index contributed by atoms with van der Waals surface area (Å²) in [6.07, 6.45) is 5.65. The molecule has 0 aromatic carbocycles. The predicted octanol–water partition coefficient (Wildman–Crippen LogP) is 0.638. The molecule has 3 atom stereocenters. The highest BCUT2D eigenvalue weighted by Crippen LogP contribution is 2.43. The van der Waals surface area contributed by atoms with Gasteiger partial charge in [-0.2, -0.15) is 0 Å². The fourth-order valence-electron chi connectivity index (χ4n) is 2.45. The van der Waals surface area contributed by atoms with Crippen molar-refractivity contribution in [1.29, 1.82) is 0 Å². The van der Waals surface area contributed by atoms with E-state index in [1.807, 2.05) is 0 Å². The molecule has 0 heterocycles. The molecule has 0 aliphatic heterocycles. The Hall–Kier alpha value is -0.0800. The van der Waals surface area contributed by atoms with Crippen LogP contribution in [0.1, 0.15) is 25.7 Å². The van der Waals surface area contributed by atoms with Crippen molar-refractivity contribution in [2.45, 2.75) is 31.7 Å². The van der Waals surface area contributed by atoms with Crippen LogP contribution in [-0.2, 0) is 0 Å². The average Bonchev–Trinajstić information content (AvgIpc) is 2.45. The van der Waals surface area contributed by atoms with Gasteiger partial charge in [-0.15, -0.1) is 0 Å². The van der Waals surface area contributed by atoms with Crippen LogP contribution in [0.2, 0.25) is 0 Å². The molecule has 2 heteroatoms. The Morgan fingerprint density at radius 1 is 1.22 bits per heavy atom. The second-order valence-corrected chi connectivity index (χ2v) is 3.45. The molecule has 3 unspecified atom stereocenters. The van der Waals surface area contributed by atoms with Gasteiger partial charge < -0.3 is 0 Å². The largest absolute Gasteiger partial charge is 0.271 e. The second-order valence-electron chi connectivity index (χ2n) is 3.45. The van der Waals surface area contributed by atoms with E-state index in [0.717, 1.165) is 11.8 Å². The number of nitrogens with two attached hydrogens (primary N) is 1. The molecule has 2 nitrogen and oxygen atoms in total. The number of rotatable bonds is 1. The monoisotopic (exact) mass is 126 g/mol. The highest BCUT2D eigenvalue weighted by molar-refractivity contribution is 4.92. The van der Waals surface area contributed by atoms with Crippen molar-refractivity contribution >= 4 is 0 Å². The summed E-state index contributed by atoms with van der Waals surface area (Å²) in [5, 5.41) is 0. The lowest BCUT2D eigenvalue weighted by atomic mass is 9.96. The Morgan fingerprint density at radius 3 is 2.44 bits per heavy atom. The zero-order chi connectivity index (χ0) is 6.27. The first-order chi connectivity index (χ1) is 4.40. The Morgan fingerprint density at radius 2 is 2.11 bits per heavy atom. The minimum absolute atomic E-state index is 0.656. The van der Waals surface area contributed by atoms with Crippen LogP contribution < -0.4 is 11.3 Å². The first-order valence-corrected chi connectivity index (χ1v) is 3.86. The van der Waals surface area contributed by atoms with Crippen LogP contribution in [0, 0.1) is 11.8 Å². The number of hydrazine groups is 1. The number of hydrogen-bond donors (Lipinski definition) is 2. The van der Waals surface area contributed by atoms with E-state index in [0.29, 0.717) is 6.04 Å². The molecule has 0 aromatic heterocycles. The first kappa shape index (κ1) is 5.69. The fraction of sp³-hybridized carbons (Fsp3) is 1.00. The minimum atomic E-state index is 0.656. The predicted molar refractivity (Wildman–Crippen MR) is 36.6 cm³/mol. The van der Waals surface area contributed by atoms with Crippen LogP contribution >= 0.6 is 0 Å². The minimum Gasteiger partial charge on any atom is -0.271 e. The quantitative estimate of drug-likeness (QED) is 0.399. The highest BCUT2D eigenvalue weighted by Gasteiger charge is 2.38. The zero-order valence-corrected chi connectivity index (χ0v) is 5.64. The molecule has 2 bridgehead atoms. The first-order valence-electron chi connectivity index (χ1n) is 3.86. The third kappa shape index (κ3) is 0.775. The molecule has 2 saturated carbocycles. The van der Waals surface area contributed by atoms with E-state index < -0.39 is 0 Å². The summed E-state index contributed by atoms with van der Waals surface area (Å²) in [6, 6.07) is 0.656. The molecular formula is C7H14N2. The maximum atomic E-state index is 5.37. The van der Waals surface area contributed by atoms with Gasteiger partial charge in [0.25, 0.3) is 0 Å². The number of nitrogens with one attached hydrogen (secondary N) is 1. The average molecular weight is 126 g/mol. The van der Waals surface area contributed by atoms with Gasteiger partial charge in [0.1, 0.15) is 0 Å². The molecule has 0 aromatic rings. The Labute approximate surface area is 55.8 Å². The number of fused-ring (bicyclic) bond motifs is 2. The Bertz CT molecular complexity index is 113. The van der Waals surface area contributed by atoms with E-state index in [4.69, 9.17) is 5.84 Å². The zero-order valence-electron chi connectivity index (χ0n) is 5.64. The third-order valence-electron chi connectivity index (χ3n) is 2.95. The smallest absolute Gasteiger partial charge is 0.0241 e. The molecule has 2 rings (SSSR count). The summed E-state index contributed by atoms with van der Waals surface area (Å²) in [7, 11) is 0. The van der Waals surface area contributed by atoms with Gasteiger partial charge in [0, 0.05) is 6.04 Å². The van der Waals surface area contributed by atoms with Gasteiger partial charge in [-0.25, -0.2) is 0 Å². The molecular weight excluding hydrogens is 112 g/mol. The Kier molecular flexibility index (Phi) is 1.24. The molecule has 2 aliphatic carbocycles. The van der Waals surface area contributed by atoms with E-state index in [-0.39, 0.29) is 0 Å². The SMILES string of the molecule is NNC1CC2CCC1C2. The molecule has 2 aliphatic rings. The lowest BCUT2D eigenvalue weighted by Crippen LogP contribution is -2.38. The summed E-state index contributed by atoms with van der Waals surface area (Å²) in [5.41, 5.74) is 2.90. The molecule has 0 amide bonds. The van der Waals surface area contributed by atoms with Gasteiger partial charge in [0.2, 0.25) is 0 Å². The molecule has 3 N–H and O–H groups in total. The van der Waals surface area contributed by atoms with E-state index in [2.05, 4.69) is 5.43 Å². The van der Waals surface area contributed by atoms with Crippen LogP contribution in [0.3, 0.4) is 0 Å². The Balaban J connectivity index is 2.01. The summed E-state index contributed by atoms with van der Waals surface area (Å²) >= 11 is 0. The van der Waals surface area contributed by atoms with E-state index >= 15 is 0 Å². The molecule has 9 heavy (non-hydrogen) atoms. The van der Waals surface area contributed by atoms with E-state index in [1.54, 1.807) is 0 Å². The van der Waals surface area contributed by atoms with Crippen molar-refractivity contribution in [3.63, 3.8) is 0 Å². The van der Waals surface area contributed by atoms with Gasteiger partial charge >= 0.3 is 0 Å². The van der Waals surface area contributed by atoms with Crippen LogP contribution in [0.4, 0.5) is 0 Å². The molecule has 2 fully saturated rings. The summed E-state index contributed by atoms with van der Waals surface area (Å²) in [6.45, 7) is 0. The van der Waals surface area contributed by atoms with Crippen molar-refractivity contribution in [1.82, 2.24) is 5.43 Å². The van der Waals surface area contributed by atoms with Crippen molar-refractivity contribution < 1.29 is 0 Å². The van der Waals surface area contributed by atoms with Crippen LogP contribution in [-0.4, -0.2) is 6.04 Å². The van der Waals surface area contributed by atoms with Gasteiger partial charge in [0.15, 0.2) is 0 Å². The highest BCUT2D eigenvalue weighted by atomic mass is 15.2. The second kappa shape index (κ2) is 1.96. The standard InChI is InChI=1S/C7H14N2/c8-9-7-4-5-1-2-6(7)3-5/h5-7,9H,1-4,8H2. The molecule has 0 saturated heterocycles.